The van der Waals surface area contributed by atoms with Crippen LogP contribution < -0.4 is 21.0 Å². The van der Waals surface area contributed by atoms with Crippen molar-refractivity contribution in [2.24, 2.45) is 0 Å². The number of nitrogens with one attached hydrogen (secondary N) is 1. The number of carbonyl (C=O) groups excluding carboxylic acids is 1. The number of aliphatic hydroxyl groups is 1. The minimum absolute atomic E-state index is 0.173. The second-order valence-corrected chi connectivity index (χ2v) is 12.4. The van der Waals surface area contributed by atoms with Gasteiger partial charge < -0.3 is 29.4 Å². The number of halogens is 4. The lowest BCUT2D eigenvalue weighted by atomic mass is 9.97. The maximum atomic E-state index is 15.2. The summed E-state index contributed by atoms with van der Waals surface area (Å²) in [4.78, 5) is 28.0. The monoisotopic (exact) mass is 614 g/mol. The predicted octanol–water partition coefficient (Wildman–Crippen LogP) is 2.96. The lowest BCUT2D eigenvalue weighted by Gasteiger charge is -2.34. The molecule has 2 aromatic rings. The largest absolute Gasteiger partial charge is 0.462 e. The summed E-state index contributed by atoms with van der Waals surface area (Å²) in [7, 11) is 0. The molecule has 3 rings (SSSR count). The number of nitrogens with zero attached hydrogens (tertiary/aromatic N) is 2. The van der Waals surface area contributed by atoms with E-state index in [1.165, 1.54) is 19.1 Å². The molecule has 1 saturated heterocycles. The number of hydrogen-bond acceptors (Lipinski definition) is 10. The molecule has 39 heavy (non-hydrogen) atoms. The molecule has 0 radical (unpaired) electrons. The van der Waals surface area contributed by atoms with Crippen molar-refractivity contribution < 1.29 is 41.6 Å². The molecule has 0 amide bonds. The zero-order chi connectivity index (χ0) is 29.1. The van der Waals surface area contributed by atoms with E-state index in [4.69, 9.17) is 47.7 Å². The van der Waals surface area contributed by atoms with E-state index in [2.05, 4.69) is 10.1 Å². The van der Waals surface area contributed by atoms with Crippen molar-refractivity contribution >= 4 is 41.8 Å². The number of para-hydroxylation sites is 1. The van der Waals surface area contributed by atoms with Crippen LogP contribution in [-0.2, 0) is 30.6 Å². The molecule has 1 aliphatic heterocycles. The highest BCUT2D eigenvalue weighted by atomic mass is 35.5. The number of ether oxygens (including phenoxy) is 2. The minimum atomic E-state index is -3.87. The fourth-order valence-electron chi connectivity index (χ4n) is 3.52. The summed E-state index contributed by atoms with van der Waals surface area (Å²) in [5.74, 6) is -0.923. The molecule has 1 aromatic heterocycles. The van der Waals surface area contributed by atoms with Crippen LogP contribution in [0, 0.1) is 0 Å². The van der Waals surface area contributed by atoms with Crippen molar-refractivity contribution in [3.8, 4) is 5.75 Å². The van der Waals surface area contributed by atoms with E-state index in [1.807, 2.05) is 0 Å². The highest BCUT2D eigenvalue weighted by molar-refractivity contribution is 8.09. The number of benzene rings is 1. The van der Waals surface area contributed by atoms with E-state index < -0.39 is 67.6 Å². The smallest absolute Gasteiger partial charge is 0.351 e. The number of aliphatic hydroxyl groups excluding tert-OH is 1. The zero-order valence-electron chi connectivity index (χ0n) is 20.9. The molecular formula is C22H27ClF3N4O7PS. The third kappa shape index (κ3) is 7.09. The van der Waals surface area contributed by atoms with Gasteiger partial charge in [0.25, 0.3) is 6.43 Å². The second kappa shape index (κ2) is 12.5. The molecule has 0 saturated carbocycles. The molecule has 2 heterocycles. The van der Waals surface area contributed by atoms with E-state index in [0.717, 1.165) is 6.20 Å². The van der Waals surface area contributed by atoms with Gasteiger partial charge in [0.15, 0.2) is 18.0 Å². The number of rotatable bonds is 11. The van der Waals surface area contributed by atoms with Gasteiger partial charge in [-0.05, 0) is 44.7 Å². The maximum absolute atomic E-state index is 15.2. The third-order valence-electron chi connectivity index (χ3n) is 5.48. The van der Waals surface area contributed by atoms with Gasteiger partial charge in [-0.15, -0.1) is 0 Å². The molecule has 0 spiro atoms. The van der Waals surface area contributed by atoms with Gasteiger partial charge in [0, 0.05) is 6.20 Å². The first kappa shape index (κ1) is 31.3. The molecule has 1 fully saturated rings. The van der Waals surface area contributed by atoms with Gasteiger partial charge in [-0.3, -0.25) is 9.36 Å². The SMILES string of the molecule is CC(C)OC(=O)[C@H](C)NP(=S)(OC[C@@]1(C(F)F)O[C@@H](n2cc(Cl)c(N)nc2=O)[C@H](F)[C@@H]1O)Oc1ccccc1. The van der Waals surface area contributed by atoms with Crippen LogP contribution in [-0.4, -0.2) is 63.7 Å². The Morgan fingerprint density at radius 3 is 2.59 bits per heavy atom. The molecule has 4 N–H and O–H groups in total. The fraction of sp³-hybridized carbons (Fsp3) is 0.500. The first-order chi connectivity index (χ1) is 18.2. The van der Waals surface area contributed by atoms with Crippen molar-refractivity contribution in [3.05, 3.63) is 52.0 Å². The van der Waals surface area contributed by atoms with E-state index in [0.29, 0.717) is 4.57 Å². The van der Waals surface area contributed by atoms with Gasteiger partial charge in [0.2, 0.25) is 0 Å². The minimum Gasteiger partial charge on any atom is -0.462 e. The summed E-state index contributed by atoms with van der Waals surface area (Å²) >= 11 is 11.3. The number of aromatic nitrogens is 2. The maximum Gasteiger partial charge on any atom is 0.351 e. The average Bonchev–Trinajstić information content (AvgIpc) is 3.11. The quantitative estimate of drug-likeness (QED) is 0.253. The number of esters is 1. The fourth-order valence-corrected chi connectivity index (χ4v) is 6.09. The number of carbonyl (C=O) groups is 1. The highest BCUT2D eigenvalue weighted by Gasteiger charge is 2.62. The first-order valence-corrected chi connectivity index (χ1v) is 14.5. The Balaban J connectivity index is 1.92. The molecular weight excluding hydrogens is 588 g/mol. The molecule has 1 aromatic carbocycles. The van der Waals surface area contributed by atoms with Crippen LogP contribution in [0.5, 0.6) is 5.75 Å². The summed E-state index contributed by atoms with van der Waals surface area (Å²) in [5.41, 5.74) is 1.29. The van der Waals surface area contributed by atoms with Gasteiger partial charge in [-0.25, -0.2) is 23.1 Å². The molecule has 17 heteroatoms. The predicted molar refractivity (Wildman–Crippen MR) is 139 cm³/mol. The van der Waals surface area contributed by atoms with E-state index >= 15 is 4.39 Å². The van der Waals surface area contributed by atoms with Gasteiger partial charge in [-0.1, -0.05) is 29.8 Å². The molecule has 6 atom stereocenters. The summed E-state index contributed by atoms with van der Waals surface area (Å²) in [6.45, 7) is -0.424. The normalized spacial score (nSPS) is 25.4. The second-order valence-electron chi connectivity index (χ2n) is 8.83. The number of hydrogen-bond donors (Lipinski definition) is 3. The summed E-state index contributed by atoms with van der Waals surface area (Å²) in [5, 5.41) is 12.9. The Hall–Kier alpha value is -2.26. The average molecular weight is 615 g/mol. The van der Waals surface area contributed by atoms with Crippen LogP contribution in [0.4, 0.5) is 19.0 Å². The third-order valence-corrected chi connectivity index (χ3v) is 8.25. The number of anilines is 1. The van der Waals surface area contributed by atoms with E-state index in [9.17, 15) is 23.5 Å². The lowest BCUT2D eigenvalue weighted by molar-refractivity contribution is -0.192. The molecule has 11 nitrogen and oxygen atoms in total. The summed E-state index contributed by atoms with van der Waals surface area (Å²) in [6.07, 6.45) is -10.2. The van der Waals surface area contributed by atoms with Crippen LogP contribution in [0.1, 0.15) is 27.0 Å². The van der Waals surface area contributed by atoms with Crippen LogP contribution in [0.25, 0.3) is 0 Å². The van der Waals surface area contributed by atoms with Crippen LogP contribution in [0.3, 0.4) is 0 Å². The zero-order valence-corrected chi connectivity index (χ0v) is 23.3. The Morgan fingerprint density at radius 2 is 2.00 bits per heavy atom. The molecule has 0 aliphatic carbocycles. The topological polar surface area (TPSA) is 147 Å². The van der Waals surface area contributed by atoms with Gasteiger partial charge >= 0.3 is 18.3 Å². The van der Waals surface area contributed by atoms with Crippen LogP contribution >= 0.6 is 18.2 Å². The van der Waals surface area contributed by atoms with Crippen molar-refractivity contribution in [2.75, 3.05) is 12.3 Å². The Morgan fingerprint density at radius 1 is 1.36 bits per heavy atom. The van der Waals surface area contributed by atoms with Crippen LogP contribution in [0.2, 0.25) is 5.02 Å². The number of alkyl halides is 3. The van der Waals surface area contributed by atoms with Crippen molar-refractivity contribution in [3.63, 3.8) is 0 Å². The molecule has 0 bridgehead atoms. The van der Waals surface area contributed by atoms with Crippen molar-refractivity contribution in [1.29, 1.82) is 0 Å². The number of nitrogen functional groups attached to an aromatic ring is 1. The lowest BCUT2D eigenvalue weighted by Crippen LogP contribution is -2.52. The van der Waals surface area contributed by atoms with Crippen molar-refractivity contribution in [2.45, 2.75) is 63.4 Å². The summed E-state index contributed by atoms with van der Waals surface area (Å²) in [6, 6.07) is 6.80. The van der Waals surface area contributed by atoms with E-state index in [1.54, 1.807) is 32.0 Å². The molecule has 1 aliphatic rings. The van der Waals surface area contributed by atoms with Crippen LogP contribution in [0.15, 0.2) is 41.3 Å². The van der Waals surface area contributed by atoms with Gasteiger partial charge in [0.1, 0.15) is 23.7 Å². The molecule has 1 unspecified atom stereocenters. The van der Waals surface area contributed by atoms with Crippen molar-refractivity contribution in [1.82, 2.24) is 14.6 Å². The Bertz CT molecular complexity index is 1280. The Labute approximate surface area is 231 Å². The first-order valence-electron chi connectivity index (χ1n) is 11.5. The van der Waals surface area contributed by atoms with E-state index in [-0.39, 0.29) is 16.6 Å². The van der Waals surface area contributed by atoms with Gasteiger partial charge in [-0.2, -0.15) is 4.98 Å². The summed E-state index contributed by atoms with van der Waals surface area (Å²) < 4.78 is 66.3. The van der Waals surface area contributed by atoms with Gasteiger partial charge in [0.05, 0.1) is 17.7 Å². The number of nitrogens with two attached hydrogens (primary N) is 1. The standard InChI is InChI=1S/C22H27ClF3N4O7PS/c1-11(2)35-19(32)12(3)29-38(39,37-13-7-5-4-6-8-13)34-10-22(20(25)26)16(31)15(24)18(36-22)30-9-14(23)17(27)28-21(30)33/h4-9,11-12,15-16,18,20,31H,10H2,1-3H3,(H,29,39)(H2,27,28,33)/t12-,15+,16-,18+,22+,38?/m0/s1. The highest BCUT2D eigenvalue weighted by Crippen LogP contribution is 2.50. The molecule has 216 valence electrons. The Kier molecular flexibility index (Phi) is 10.0.